The average molecular weight is 311 g/mol. The number of phenolic OH excluding ortho intramolecular Hbond substituents is 1. The van der Waals surface area contributed by atoms with E-state index in [-0.39, 0.29) is 16.8 Å². The fourth-order valence-corrected chi connectivity index (χ4v) is 2.35. The number of carbonyl (C=O) groups is 2. The zero-order chi connectivity index (χ0) is 15.7. The Labute approximate surface area is 126 Å². The van der Waals surface area contributed by atoms with E-state index in [1.54, 1.807) is 20.0 Å². The summed E-state index contributed by atoms with van der Waals surface area (Å²) in [4.78, 5) is 25.3. The molecule has 1 aliphatic heterocycles. The number of allylic oxidation sites excluding steroid dienone is 1. The van der Waals surface area contributed by atoms with Gasteiger partial charge in [0.1, 0.15) is 5.75 Å². The highest BCUT2D eigenvalue weighted by atomic mass is 35.5. The fraction of sp³-hybridized carbons (Fsp3) is 0.286. The third-order valence-corrected chi connectivity index (χ3v) is 3.77. The molecule has 0 radical (unpaired) electrons. The van der Waals surface area contributed by atoms with Crippen LogP contribution >= 0.6 is 11.6 Å². The fourth-order valence-electron chi connectivity index (χ4n) is 2.16. The largest absolute Gasteiger partial charge is 0.506 e. The first-order valence-corrected chi connectivity index (χ1v) is 6.56. The second-order valence-electron chi connectivity index (χ2n) is 4.64. The van der Waals surface area contributed by atoms with Crippen molar-refractivity contribution in [2.45, 2.75) is 13.0 Å². The number of hydrogen-bond donors (Lipinski definition) is 2. The molecule has 1 heterocycles. The number of nitrogens with zero attached hydrogens (tertiary/aromatic N) is 1. The van der Waals surface area contributed by atoms with Gasteiger partial charge in [0.15, 0.2) is 0 Å². The summed E-state index contributed by atoms with van der Waals surface area (Å²) >= 11 is 5.89. The van der Waals surface area contributed by atoms with Crippen LogP contribution in [0.4, 0.5) is 4.79 Å². The molecular formula is C14H15ClN2O4. The summed E-state index contributed by atoms with van der Waals surface area (Å²) in [5, 5.41) is 12.3. The van der Waals surface area contributed by atoms with E-state index in [0.29, 0.717) is 16.8 Å². The molecule has 0 saturated heterocycles. The van der Waals surface area contributed by atoms with Gasteiger partial charge in [-0.15, -0.1) is 0 Å². The molecule has 6 nitrogen and oxygen atoms in total. The van der Waals surface area contributed by atoms with Gasteiger partial charge in [-0.05, 0) is 24.6 Å². The highest BCUT2D eigenvalue weighted by Crippen LogP contribution is 2.33. The maximum absolute atomic E-state index is 12.0. The molecule has 0 fully saturated rings. The molecule has 2 rings (SSSR count). The lowest BCUT2D eigenvalue weighted by Gasteiger charge is -2.33. The Morgan fingerprint density at radius 1 is 1.48 bits per heavy atom. The van der Waals surface area contributed by atoms with Gasteiger partial charge in [-0.3, -0.25) is 0 Å². The van der Waals surface area contributed by atoms with Crippen molar-refractivity contribution >= 4 is 23.6 Å². The second-order valence-corrected chi connectivity index (χ2v) is 5.05. The molecule has 2 N–H and O–H groups in total. The Balaban J connectivity index is 2.56. The summed E-state index contributed by atoms with van der Waals surface area (Å²) in [5.74, 6) is -0.603. The van der Waals surface area contributed by atoms with Crippen molar-refractivity contribution < 1.29 is 19.4 Å². The number of amides is 2. The van der Waals surface area contributed by atoms with Crippen molar-refractivity contribution in [2.75, 3.05) is 14.2 Å². The van der Waals surface area contributed by atoms with Crippen LogP contribution in [-0.4, -0.2) is 36.2 Å². The minimum Gasteiger partial charge on any atom is -0.506 e. The van der Waals surface area contributed by atoms with E-state index in [4.69, 9.17) is 16.3 Å². The number of esters is 1. The molecule has 1 aliphatic rings. The number of phenols is 1. The lowest BCUT2D eigenvalue weighted by Crippen LogP contribution is -2.46. The van der Waals surface area contributed by atoms with Gasteiger partial charge < -0.3 is 20.1 Å². The van der Waals surface area contributed by atoms with Gasteiger partial charge in [-0.1, -0.05) is 17.7 Å². The summed E-state index contributed by atoms with van der Waals surface area (Å²) in [5.41, 5.74) is 1.40. The van der Waals surface area contributed by atoms with E-state index >= 15 is 0 Å². The van der Waals surface area contributed by atoms with Crippen LogP contribution in [-0.2, 0) is 9.53 Å². The maximum Gasteiger partial charge on any atom is 0.337 e. The lowest BCUT2D eigenvalue weighted by molar-refractivity contribution is -0.136. The molecule has 21 heavy (non-hydrogen) atoms. The number of aromatic hydroxyl groups is 1. The van der Waals surface area contributed by atoms with Crippen LogP contribution in [0.15, 0.2) is 29.5 Å². The van der Waals surface area contributed by atoms with Crippen LogP contribution in [0.5, 0.6) is 5.75 Å². The van der Waals surface area contributed by atoms with Gasteiger partial charge in [0.25, 0.3) is 0 Å². The molecule has 0 spiro atoms. The number of halogens is 1. The Bertz CT molecular complexity index is 642. The smallest absolute Gasteiger partial charge is 0.337 e. The molecule has 2 amide bonds. The van der Waals surface area contributed by atoms with E-state index in [9.17, 15) is 14.7 Å². The van der Waals surface area contributed by atoms with Gasteiger partial charge >= 0.3 is 12.0 Å². The summed E-state index contributed by atoms with van der Waals surface area (Å²) in [6.07, 6.45) is 0. The molecule has 7 heteroatoms. The van der Waals surface area contributed by atoms with Crippen molar-refractivity contribution in [1.29, 1.82) is 0 Å². The number of nitrogens with one attached hydrogen (secondary N) is 1. The van der Waals surface area contributed by atoms with Gasteiger partial charge in [-0.2, -0.15) is 0 Å². The topological polar surface area (TPSA) is 78.9 Å². The van der Waals surface area contributed by atoms with Gasteiger partial charge in [0.2, 0.25) is 0 Å². The number of methoxy groups -OCH3 is 1. The first-order chi connectivity index (χ1) is 9.86. The van der Waals surface area contributed by atoms with Crippen molar-refractivity contribution in [3.05, 3.63) is 40.1 Å². The predicted octanol–water partition coefficient (Wildman–Crippen LogP) is 2.19. The van der Waals surface area contributed by atoms with Crippen molar-refractivity contribution in [2.24, 2.45) is 0 Å². The molecule has 0 aliphatic carbocycles. The molecule has 1 atom stereocenters. The summed E-state index contributed by atoms with van der Waals surface area (Å²) in [6.45, 7) is 1.67. The number of carbonyl (C=O) groups excluding carboxylic acids is 2. The molecule has 112 valence electrons. The lowest BCUT2D eigenvalue weighted by atomic mass is 9.95. The molecule has 0 saturated carbocycles. The zero-order valence-electron chi connectivity index (χ0n) is 11.8. The number of hydrogen-bond acceptors (Lipinski definition) is 4. The third kappa shape index (κ3) is 2.67. The van der Waals surface area contributed by atoms with E-state index in [1.165, 1.54) is 24.1 Å². The first-order valence-electron chi connectivity index (χ1n) is 6.18. The molecule has 1 aromatic rings. The molecular weight excluding hydrogens is 296 g/mol. The molecule has 0 aromatic heterocycles. The Kier molecular flexibility index (Phi) is 4.09. The van der Waals surface area contributed by atoms with Crippen LogP contribution in [0.25, 0.3) is 0 Å². The second kappa shape index (κ2) is 5.65. The van der Waals surface area contributed by atoms with Crippen molar-refractivity contribution in [1.82, 2.24) is 10.2 Å². The Hall–Kier alpha value is -2.21. The van der Waals surface area contributed by atoms with E-state index in [2.05, 4.69) is 5.32 Å². The van der Waals surface area contributed by atoms with Crippen molar-refractivity contribution in [3.63, 3.8) is 0 Å². The SMILES string of the molecule is COC(=O)C1=C(C)N(C)C(=O)N[C@H]1c1ccc(O)c(Cl)c1. The summed E-state index contributed by atoms with van der Waals surface area (Å²) in [7, 11) is 2.84. The van der Waals surface area contributed by atoms with Gasteiger partial charge in [0.05, 0.1) is 23.7 Å². The predicted molar refractivity (Wildman–Crippen MR) is 76.9 cm³/mol. The van der Waals surface area contributed by atoms with Crippen LogP contribution in [0.3, 0.4) is 0 Å². The third-order valence-electron chi connectivity index (χ3n) is 3.46. The van der Waals surface area contributed by atoms with Crippen LogP contribution in [0.2, 0.25) is 5.02 Å². The minimum absolute atomic E-state index is 0.0695. The van der Waals surface area contributed by atoms with E-state index in [1.807, 2.05) is 0 Å². The number of urea groups is 1. The number of benzene rings is 1. The first kappa shape index (κ1) is 15.2. The molecule has 0 bridgehead atoms. The molecule has 0 unspecified atom stereocenters. The van der Waals surface area contributed by atoms with E-state index in [0.717, 1.165) is 0 Å². The standard InChI is InChI=1S/C14H15ClN2O4/c1-7-11(13(19)21-3)12(16-14(20)17(7)2)8-4-5-10(18)9(15)6-8/h4-6,12,18H,1-3H3,(H,16,20)/t12-/m0/s1. The Morgan fingerprint density at radius 2 is 2.14 bits per heavy atom. The Morgan fingerprint density at radius 3 is 2.71 bits per heavy atom. The highest BCUT2D eigenvalue weighted by Gasteiger charge is 2.34. The normalized spacial score (nSPS) is 18.6. The monoisotopic (exact) mass is 310 g/mol. The number of rotatable bonds is 2. The van der Waals surface area contributed by atoms with Crippen molar-refractivity contribution in [3.8, 4) is 5.75 Å². The quantitative estimate of drug-likeness (QED) is 0.821. The summed E-state index contributed by atoms with van der Waals surface area (Å²) < 4.78 is 4.79. The van der Waals surface area contributed by atoms with Crippen LogP contribution in [0, 0.1) is 0 Å². The molecule has 1 aromatic carbocycles. The zero-order valence-corrected chi connectivity index (χ0v) is 12.6. The van der Waals surface area contributed by atoms with Crippen LogP contribution in [0.1, 0.15) is 18.5 Å². The van der Waals surface area contributed by atoms with Gasteiger partial charge in [-0.25, -0.2) is 9.59 Å². The number of ether oxygens (including phenoxy) is 1. The maximum atomic E-state index is 12.0. The van der Waals surface area contributed by atoms with E-state index < -0.39 is 12.0 Å². The summed E-state index contributed by atoms with van der Waals surface area (Å²) in [6, 6.07) is 3.48. The van der Waals surface area contributed by atoms with Gasteiger partial charge in [0, 0.05) is 12.7 Å². The average Bonchev–Trinajstić information content (AvgIpc) is 2.46. The van der Waals surface area contributed by atoms with Crippen LogP contribution < -0.4 is 5.32 Å². The highest BCUT2D eigenvalue weighted by molar-refractivity contribution is 6.32. The minimum atomic E-state index is -0.681.